The Labute approximate surface area is 112 Å². The van der Waals surface area contributed by atoms with Gasteiger partial charge < -0.3 is 15.4 Å². The quantitative estimate of drug-likeness (QED) is 0.787. The van der Waals surface area contributed by atoms with Crippen LogP contribution in [0.4, 0.5) is 5.69 Å². The first-order chi connectivity index (χ1) is 9.19. The fourth-order valence-corrected chi connectivity index (χ4v) is 1.87. The summed E-state index contributed by atoms with van der Waals surface area (Å²) in [6.07, 6.45) is 0.534. The van der Waals surface area contributed by atoms with E-state index in [2.05, 4.69) is 10.6 Å². The molecular formula is C14H18N2O3. The fourth-order valence-electron chi connectivity index (χ4n) is 1.87. The average Bonchev–Trinajstić information content (AvgIpc) is 2.35. The number of carbonyl (C=O) groups excluding carboxylic acids is 2. The van der Waals surface area contributed by atoms with Gasteiger partial charge in [-0.25, -0.2) is 4.79 Å². The van der Waals surface area contributed by atoms with Crippen molar-refractivity contribution in [1.29, 1.82) is 0 Å². The minimum Gasteiger partial charge on any atom is -0.462 e. The molecule has 1 amide bonds. The average molecular weight is 262 g/mol. The molecular weight excluding hydrogens is 244 g/mol. The van der Waals surface area contributed by atoms with Crippen LogP contribution in [-0.2, 0) is 9.53 Å². The van der Waals surface area contributed by atoms with Gasteiger partial charge in [-0.15, -0.1) is 0 Å². The van der Waals surface area contributed by atoms with Gasteiger partial charge in [-0.05, 0) is 50.2 Å². The summed E-state index contributed by atoms with van der Waals surface area (Å²) in [6, 6.07) is 6.73. The predicted octanol–water partition coefficient (Wildman–Crippen LogP) is 1.41. The highest BCUT2D eigenvalue weighted by Gasteiger charge is 2.20. The van der Waals surface area contributed by atoms with Crippen molar-refractivity contribution in [2.45, 2.75) is 13.3 Å². The number of rotatable bonds is 5. The summed E-state index contributed by atoms with van der Waals surface area (Å²) in [5.41, 5.74) is 1.19. The third-order valence-electron chi connectivity index (χ3n) is 3.02. The van der Waals surface area contributed by atoms with Crippen LogP contribution in [0, 0.1) is 5.92 Å². The topological polar surface area (TPSA) is 67.4 Å². The number of esters is 1. The molecule has 1 fully saturated rings. The molecule has 0 radical (unpaired) electrons. The first-order valence-electron chi connectivity index (χ1n) is 6.46. The van der Waals surface area contributed by atoms with E-state index in [1.807, 2.05) is 0 Å². The van der Waals surface area contributed by atoms with Crippen LogP contribution in [0.15, 0.2) is 24.3 Å². The summed E-state index contributed by atoms with van der Waals surface area (Å²) < 4.78 is 4.89. The summed E-state index contributed by atoms with van der Waals surface area (Å²) >= 11 is 0. The van der Waals surface area contributed by atoms with Crippen LogP contribution in [0.5, 0.6) is 0 Å². The van der Waals surface area contributed by atoms with Crippen molar-refractivity contribution in [3.05, 3.63) is 29.8 Å². The van der Waals surface area contributed by atoms with Gasteiger partial charge in [0.1, 0.15) is 0 Å². The van der Waals surface area contributed by atoms with E-state index in [4.69, 9.17) is 4.74 Å². The van der Waals surface area contributed by atoms with E-state index in [0.29, 0.717) is 30.2 Å². The van der Waals surface area contributed by atoms with Gasteiger partial charge in [0.15, 0.2) is 0 Å². The summed E-state index contributed by atoms with van der Waals surface area (Å²) in [5.74, 6) is 0.107. The minimum absolute atomic E-state index is 0.00962. The van der Waals surface area contributed by atoms with Gasteiger partial charge in [0.25, 0.3) is 0 Å². The molecule has 0 bridgehead atoms. The Morgan fingerprint density at radius 3 is 2.53 bits per heavy atom. The van der Waals surface area contributed by atoms with E-state index in [0.717, 1.165) is 13.1 Å². The Morgan fingerprint density at radius 1 is 1.32 bits per heavy atom. The molecule has 1 saturated heterocycles. The number of hydrogen-bond acceptors (Lipinski definition) is 4. The van der Waals surface area contributed by atoms with Crippen LogP contribution in [0.2, 0.25) is 0 Å². The Hall–Kier alpha value is -1.88. The van der Waals surface area contributed by atoms with Crippen molar-refractivity contribution in [3.63, 3.8) is 0 Å². The third kappa shape index (κ3) is 3.79. The lowest BCUT2D eigenvalue weighted by molar-refractivity contribution is -0.117. The van der Waals surface area contributed by atoms with Crippen molar-refractivity contribution in [2.24, 2.45) is 5.92 Å². The molecule has 0 saturated carbocycles. The van der Waals surface area contributed by atoms with Crippen molar-refractivity contribution in [3.8, 4) is 0 Å². The van der Waals surface area contributed by atoms with Gasteiger partial charge in [-0.2, -0.15) is 0 Å². The summed E-state index contributed by atoms with van der Waals surface area (Å²) in [5, 5.41) is 5.95. The molecule has 0 aliphatic carbocycles. The highest BCUT2D eigenvalue weighted by Crippen LogP contribution is 2.13. The zero-order valence-electron chi connectivity index (χ0n) is 10.9. The van der Waals surface area contributed by atoms with Crippen LogP contribution in [0.1, 0.15) is 23.7 Å². The molecule has 0 unspecified atom stereocenters. The summed E-state index contributed by atoms with van der Waals surface area (Å²) in [7, 11) is 0. The Morgan fingerprint density at radius 2 is 2.00 bits per heavy atom. The molecule has 5 heteroatoms. The molecule has 1 aliphatic heterocycles. The predicted molar refractivity (Wildman–Crippen MR) is 72.0 cm³/mol. The number of hydrogen-bond donors (Lipinski definition) is 2. The Balaban J connectivity index is 1.87. The number of nitrogens with one attached hydrogen (secondary N) is 2. The first kappa shape index (κ1) is 13.5. The first-order valence-corrected chi connectivity index (χ1v) is 6.46. The van der Waals surface area contributed by atoms with E-state index in [9.17, 15) is 9.59 Å². The van der Waals surface area contributed by atoms with Crippen LogP contribution < -0.4 is 10.6 Å². The van der Waals surface area contributed by atoms with Crippen LogP contribution >= 0.6 is 0 Å². The van der Waals surface area contributed by atoms with Gasteiger partial charge in [0, 0.05) is 12.1 Å². The maximum absolute atomic E-state index is 11.7. The van der Waals surface area contributed by atoms with Gasteiger partial charge in [-0.1, -0.05) is 0 Å². The van der Waals surface area contributed by atoms with Crippen molar-refractivity contribution in [1.82, 2.24) is 5.32 Å². The highest BCUT2D eigenvalue weighted by atomic mass is 16.5. The Bertz CT molecular complexity index is 452. The van der Waals surface area contributed by atoms with Crippen molar-refractivity contribution < 1.29 is 14.3 Å². The van der Waals surface area contributed by atoms with Crippen LogP contribution in [-0.4, -0.2) is 31.6 Å². The molecule has 102 valence electrons. The maximum Gasteiger partial charge on any atom is 0.338 e. The molecule has 2 N–H and O–H groups in total. The van der Waals surface area contributed by atoms with Gasteiger partial charge >= 0.3 is 5.97 Å². The van der Waals surface area contributed by atoms with E-state index >= 15 is 0 Å². The number of ether oxygens (including phenoxy) is 1. The molecule has 2 rings (SSSR count). The molecule has 1 aliphatic rings. The SMILES string of the molecule is CCOC(=O)c1ccc(NC(=O)CC2CNC2)cc1. The van der Waals surface area contributed by atoms with Crippen molar-refractivity contribution >= 4 is 17.6 Å². The molecule has 1 aromatic rings. The number of anilines is 1. The number of benzene rings is 1. The lowest BCUT2D eigenvalue weighted by atomic mass is 9.99. The Kier molecular flexibility index (Phi) is 4.52. The molecule has 0 aromatic heterocycles. The van der Waals surface area contributed by atoms with Crippen LogP contribution in [0.3, 0.4) is 0 Å². The zero-order chi connectivity index (χ0) is 13.7. The lowest BCUT2D eigenvalue weighted by Crippen LogP contribution is -2.43. The summed E-state index contributed by atoms with van der Waals surface area (Å²) in [4.78, 5) is 23.2. The molecule has 5 nitrogen and oxygen atoms in total. The smallest absolute Gasteiger partial charge is 0.338 e. The minimum atomic E-state index is -0.346. The fraction of sp³-hybridized carbons (Fsp3) is 0.429. The molecule has 19 heavy (non-hydrogen) atoms. The second-order valence-corrected chi connectivity index (χ2v) is 4.57. The molecule has 1 heterocycles. The second kappa shape index (κ2) is 6.33. The molecule has 1 aromatic carbocycles. The second-order valence-electron chi connectivity index (χ2n) is 4.57. The third-order valence-corrected chi connectivity index (χ3v) is 3.02. The van der Waals surface area contributed by atoms with E-state index in [1.54, 1.807) is 31.2 Å². The van der Waals surface area contributed by atoms with Gasteiger partial charge in [0.2, 0.25) is 5.91 Å². The maximum atomic E-state index is 11.7. The molecule has 0 atom stereocenters. The van der Waals surface area contributed by atoms with Crippen LogP contribution in [0.25, 0.3) is 0 Å². The van der Waals surface area contributed by atoms with E-state index in [1.165, 1.54) is 0 Å². The highest BCUT2D eigenvalue weighted by molar-refractivity contribution is 5.93. The number of carbonyl (C=O) groups is 2. The number of amides is 1. The van der Waals surface area contributed by atoms with Gasteiger partial charge in [-0.3, -0.25) is 4.79 Å². The summed E-state index contributed by atoms with van der Waals surface area (Å²) in [6.45, 7) is 3.94. The largest absolute Gasteiger partial charge is 0.462 e. The monoisotopic (exact) mass is 262 g/mol. The lowest BCUT2D eigenvalue weighted by Gasteiger charge is -2.26. The van der Waals surface area contributed by atoms with Gasteiger partial charge in [0.05, 0.1) is 12.2 Å². The normalized spacial score (nSPS) is 14.6. The standard InChI is InChI=1S/C14H18N2O3/c1-2-19-14(18)11-3-5-12(6-4-11)16-13(17)7-10-8-15-9-10/h3-6,10,15H,2,7-9H2,1H3,(H,16,17). The van der Waals surface area contributed by atoms with Crippen molar-refractivity contribution in [2.75, 3.05) is 25.0 Å². The van der Waals surface area contributed by atoms with E-state index in [-0.39, 0.29) is 11.9 Å². The molecule has 0 spiro atoms. The van der Waals surface area contributed by atoms with E-state index < -0.39 is 0 Å². The zero-order valence-corrected chi connectivity index (χ0v) is 10.9.